The van der Waals surface area contributed by atoms with Gasteiger partial charge in [0.05, 0.1) is 24.0 Å². The van der Waals surface area contributed by atoms with Crippen LogP contribution < -0.4 is 10.9 Å². The van der Waals surface area contributed by atoms with Crippen LogP contribution in [0.4, 0.5) is 0 Å². The maximum absolute atomic E-state index is 12.4. The topological polar surface area (TPSA) is 92.2 Å². The highest BCUT2D eigenvalue weighted by Crippen LogP contribution is 2.31. The van der Waals surface area contributed by atoms with E-state index < -0.39 is 10.0 Å². The van der Waals surface area contributed by atoms with Gasteiger partial charge in [-0.3, -0.25) is 10.1 Å². The summed E-state index contributed by atoms with van der Waals surface area (Å²) in [5, 5.41) is 8.44. The monoisotopic (exact) mass is 376 g/mol. The number of hydrogen-bond acceptors (Lipinski definition) is 6. The van der Waals surface area contributed by atoms with Crippen molar-refractivity contribution in [1.29, 1.82) is 0 Å². The van der Waals surface area contributed by atoms with Crippen LogP contribution in [0.15, 0.2) is 36.5 Å². The van der Waals surface area contributed by atoms with Gasteiger partial charge in [0.15, 0.2) is 0 Å². The molecule has 3 heterocycles. The molecular weight excluding hydrogens is 352 g/mol. The van der Waals surface area contributed by atoms with E-state index in [4.69, 9.17) is 0 Å². The minimum atomic E-state index is -3.20. The molecule has 8 nitrogen and oxygen atoms in total. The SMILES string of the molecule is O=S(=O)(CCn1cc(C2CNNC2c2ccccc2)nn1)N1CCCC1. The first-order valence-electron chi connectivity index (χ1n) is 9.05. The Kier molecular flexibility index (Phi) is 5.03. The Morgan fingerprint density at radius 2 is 1.92 bits per heavy atom. The molecular formula is C17H24N6O2S. The lowest BCUT2D eigenvalue weighted by atomic mass is 9.93. The predicted octanol–water partition coefficient (Wildman–Crippen LogP) is 0.636. The van der Waals surface area contributed by atoms with E-state index in [1.54, 1.807) is 8.99 Å². The summed E-state index contributed by atoms with van der Waals surface area (Å²) in [7, 11) is -3.20. The smallest absolute Gasteiger partial charge is 0.215 e. The highest BCUT2D eigenvalue weighted by molar-refractivity contribution is 7.89. The van der Waals surface area contributed by atoms with Crippen LogP contribution in [0.2, 0.25) is 0 Å². The van der Waals surface area contributed by atoms with Crippen LogP contribution >= 0.6 is 0 Å². The van der Waals surface area contributed by atoms with Crippen LogP contribution in [0.5, 0.6) is 0 Å². The van der Waals surface area contributed by atoms with Gasteiger partial charge >= 0.3 is 0 Å². The first kappa shape index (κ1) is 17.6. The van der Waals surface area contributed by atoms with Gasteiger partial charge in [-0.1, -0.05) is 35.5 Å². The second-order valence-corrected chi connectivity index (χ2v) is 8.94. The molecule has 2 saturated heterocycles. The third-order valence-corrected chi connectivity index (χ3v) is 6.96. The van der Waals surface area contributed by atoms with E-state index in [-0.39, 0.29) is 17.7 Å². The fourth-order valence-electron chi connectivity index (χ4n) is 3.65. The summed E-state index contributed by atoms with van der Waals surface area (Å²) in [6, 6.07) is 10.3. The molecule has 0 spiro atoms. The predicted molar refractivity (Wildman–Crippen MR) is 97.7 cm³/mol. The standard InChI is InChI=1S/C17H24N6O2S/c24-26(25,23-8-4-5-9-23)11-10-22-13-16(19-21-22)15-12-18-20-17(15)14-6-2-1-3-7-14/h1-3,6-7,13,15,17-18,20H,4-5,8-12H2. The van der Waals surface area contributed by atoms with Crippen molar-refractivity contribution in [1.82, 2.24) is 30.2 Å². The van der Waals surface area contributed by atoms with E-state index in [0.29, 0.717) is 19.6 Å². The van der Waals surface area contributed by atoms with E-state index in [1.165, 1.54) is 5.56 Å². The van der Waals surface area contributed by atoms with Crippen molar-refractivity contribution >= 4 is 10.0 Å². The summed E-state index contributed by atoms with van der Waals surface area (Å²) < 4.78 is 27.9. The number of benzene rings is 1. The molecule has 2 N–H and O–H groups in total. The first-order chi connectivity index (χ1) is 12.6. The van der Waals surface area contributed by atoms with Crippen LogP contribution in [0.25, 0.3) is 0 Å². The molecule has 2 atom stereocenters. The molecule has 1 aromatic carbocycles. The zero-order valence-electron chi connectivity index (χ0n) is 14.6. The largest absolute Gasteiger partial charge is 0.257 e. The average molecular weight is 376 g/mol. The van der Waals surface area contributed by atoms with E-state index >= 15 is 0 Å². The van der Waals surface area contributed by atoms with E-state index in [1.807, 2.05) is 24.4 Å². The lowest BCUT2D eigenvalue weighted by Crippen LogP contribution is -2.31. The number of aromatic nitrogens is 3. The van der Waals surface area contributed by atoms with Crippen molar-refractivity contribution in [2.24, 2.45) is 0 Å². The highest BCUT2D eigenvalue weighted by Gasteiger charge is 2.32. The molecule has 0 bridgehead atoms. The number of nitrogens with zero attached hydrogens (tertiary/aromatic N) is 4. The molecule has 0 aliphatic carbocycles. The first-order valence-corrected chi connectivity index (χ1v) is 10.7. The summed E-state index contributed by atoms with van der Waals surface area (Å²) in [6.45, 7) is 2.37. The van der Waals surface area contributed by atoms with Crippen molar-refractivity contribution in [2.75, 3.05) is 25.4 Å². The zero-order chi connectivity index (χ0) is 18.0. The van der Waals surface area contributed by atoms with Gasteiger partial charge in [-0.25, -0.2) is 18.1 Å². The van der Waals surface area contributed by atoms with E-state index in [9.17, 15) is 8.42 Å². The van der Waals surface area contributed by atoms with Crippen molar-refractivity contribution in [3.05, 3.63) is 47.8 Å². The Morgan fingerprint density at radius 1 is 1.15 bits per heavy atom. The molecule has 2 unspecified atom stereocenters. The molecule has 2 aromatic rings. The fraction of sp³-hybridized carbons (Fsp3) is 0.529. The number of sulfonamides is 1. The van der Waals surface area contributed by atoms with Gasteiger partial charge < -0.3 is 0 Å². The molecule has 4 rings (SSSR count). The van der Waals surface area contributed by atoms with Crippen LogP contribution in [0.1, 0.15) is 36.1 Å². The molecule has 2 aliphatic rings. The Labute approximate surface area is 153 Å². The Hall–Kier alpha value is -1.81. The summed E-state index contributed by atoms with van der Waals surface area (Å²) in [4.78, 5) is 0. The molecule has 140 valence electrons. The second-order valence-electron chi connectivity index (χ2n) is 6.85. The third-order valence-electron chi connectivity index (χ3n) is 5.11. The Bertz CT molecular complexity index is 832. The molecule has 2 fully saturated rings. The molecule has 0 amide bonds. The van der Waals surface area contributed by atoms with Crippen LogP contribution in [-0.2, 0) is 16.6 Å². The maximum Gasteiger partial charge on any atom is 0.215 e. The van der Waals surface area contributed by atoms with Gasteiger partial charge in [-0.2, -0.15) is 0 Å². The molecule has 26 heavy (non-hydrogen) atoms. The summed E-state index contributed by atoms with van der Waals surface area (Å²) in [5.41, 5.74) is 8.55. The average Bonchev–Trinajstić information content (AvgIpc) is 3.42. The van der Waals surface area contributed by atoms with Crippen molar-refractivity contribution in [3.63, 3.8) is 0 Å². The molecule has 0 radical (unpaired) electrons. The quantitative estimate of drug-likeness (QED) is 0.769. The van der Waals surface area contributed by atoms with E-state index in [0.717, 1.165) is 25.1 Å². The van der Waals surface area contributed by atoms with Crippen molar-refractivity contribution in [3.8, 4) is 0 Å². The lowest BCUT2D eigenvalue weighted by Gasteiger charge is -2.16. The number of rotatable bonds is 6. The molecule has 9 heteroatoms. The minimum Gasteiger partial charge on any atom is -0.257 e. The molecule has 1 aromatic heterocycles. The lowest BCUT2D eigenvalue weighted by molar-refractivity contribution is 0.471. The zero-order valence-corrected chi connectivity index (χ0v) is 15.4. The Balaban J connectivity index is 1.43. The minimum absolute atomic E-state index is 0.0685. The normalized spacial score (nSPS) is 24.3. The number of aryl methyl sites for hydroxylation is 1. The van der Waals surface area contributed by atoms with Crippen LogP contribution in [0.3, 0.4) is 0 Å². The van der Waals surface area contributed by atoms with Gasteiger partial charge in [0.25, 0.3) is 0 Å². The summed E-state index contributed by atoms with van der Waals surface area (Å²) in [6.07, 6.45) is 3.78. The summed E-state index contributed by atoms with van der Waals surface area (Å²) >= 11 is 0. The molecule has 2 aliphatic heterocycles. The van der Waals surface area contributed by atoms with Crippen molar-refractivity contribution in [2.45, 2.75) is 31.3 Å². The summed E-state index contributed by atoms with van der Waals surface area (Å²) in [5.74, 6) is 0.223. The second kappa shape index (κ2) is 7.43. The van der Waals surface area contributed by atoms with Crippen LogP contribution in [-0.4, -0.2) is 53.1 Å². The maximum atomic E-state index is 12.4. The van der Waals surface area contributed by atoms with Crippen LogP contribution in [0, 0.1) is 0 Å². The number of nitrogens with one attached hydrogen (secondary N) is 2. The number of hydrogen-bond donors (Lipinski definition) is 2. The molecule has 0 saturated carbocycles. The van der Waals surface area contributed by atoms with Gasteiger partial charge in [0.2, 0.25) is 10.0 Å². The van der Waals surface area contributed by atoms with Gasteiger partial charge in [-0.15, -0.1) is 5.10 Å². The Morgan fingerprint density at radius 3 is 2.69 bits per heavy atom. The van der Waals surface area contributed by atoms with Crippen molar-refractivity contribution < 1.29 is 8.42 Å². The third kappa shape index (κ3) is 3.66. The van der Waals surface area contributed by atoms with Gasteiger partial charge in [0, 0.05) is 31.7 Å². The van der Waals surface area contributed by atoms with Gasteiger partial charge in [0.1, 0.15) is 0 Å². The highest BCUT2D eigenvalue weighted by atomic mass is 32.2. The van der Waals surface area contributed by atoms with E-state index in [2.05, 4.69) is 33.3 Å². The van der Waals surface area contributed by atoms with Gasteiger partial charge in [-0.05, 0) is 18.4 Å². The number of hydrazine groups is 1. The fourth-order valence-corrected chi connectivity index (χ4v) is 5.14.